The van der Waals surface area contributed by atoms with E-state index in [1.54, 1.807) is 11.3 Å². The number of benzene rings is 1. The number of rotatable bonds is 4. The molecule has 0 aliphatic carbocycles. The first-order chi connectivity index (χ1) is 9.02. The lowest BCUT2D eigenvalue weighted by Gasteiger charge is -2.09. The molecule has 0 saturated heterocycles. The third-order valence-corrected chi connectivity index (χ3v) is 6.17. The predicted octanol–water partition coefficient (Wildman–Crippen LogP) is 5.31. The summed E-state index contributed by atoms with van der Waals surface area (Å²) in [7, 11) is 0. The second-order valence-corrected chi connectivity index (χ2v) is 7.12. The molecule has 102 valence electrons. The Bertz CT molecular complexity index is 581. The van der Waals surface area contributed by atoms with Crippen LogP contribution in [-0.4, -0.2) is 11.5 Å². The van der Waals surface area contributed by atoms with Crippen molar-refractivity contribution in [3.05, 3.63) is 37.7 Å². The molecule has 1 unspecified atom stereocenters. The Labute approximate surface area is 134 Å². The lowest BCUT2D eigenvalue weighted by atomic mass is 10.2. The highest BCUT2D eigenvalue weighted by Gasteiger charge is 2.14. The lowest BCUT2D eigenvalue weighted by Crippen LogP contribution is -2.17. The van der Waals surface area contributed by atoms with E-state index in [-0.39, 0.29) is 0 Å². The average molecular weight is 404 g/mol. The standard InChI is InChI=1S/C14H16Br2N2S/c1-4-17-8(2)13-9(3)18-14(19-13)10-5-6-11(15)12(16)7-10/h5-8,17H,4H2,1-3H3. The Balaban J connectivity index is 2.36. The molecule has 5 heteroatoms. The number of nitrogens with one attached hydrogen (secondary N) is 1. The summed E-state index contributed by atoms with van der Waals surface area (Å²) in [5.41, 5.74) is 2.27. The fourth-order valence-corrected chi connectivity index (χ4v) is 3.68. The second-order valence-electron chi connectivity index (χ2n) is 4.38. The van der Waals surface area contributed by atoms with Crippen molar-refractivity contribution in [1.29, 1.82) is 0 Å². The van der Waals surface area contributed by atoms with Gasteiger partial charge >= 0.3 is 0 Å². The minimum Gasteiger partial charge on any atom is -0.310 e. The van der Waals surface area contributed by atoms with Crippen LogP contribution >= 0.6 is 43.2 Å². The van der Waals surface area contributed by atoms with Crippen molar-refractivity contribution in [3.63, 3.8) is 0 Å². The lowest BCUT2D eigenvalue weighted by molar-refractivity contribution is 0.603. The van der Waals surface area contributed by atoms with E-state index in [1.165, 1.54) is 4.88 Å². The number of halogens is 2. The minimum atomic E-state index is 0.357. The van der Waals surface area contributed by atoms with Gasteiger partial charge in [-0.25, -0.2) is 4.98 Å². The van der Waals surface area contributed by atoms with Crippen LogP contribution in [0.3, 0.4) is 0 Å². The van der Waals surface area contributed by atoms with Gasteiger partial charge in [0, 0.05) is 25.4 Å². The van der Waals surface area contributed by atoms with Gasteiger partial charge in [0.25, 0.3) is 0 Å². The Morgan fingerprint density at radius 3 is 2.68 bits per heavy atom. The van der Waals surface area contributed by atoms with Gasteiger partial charge in [-0.15, -0.1) is 11.3 Å². The van der Waals surface area contributed by atoms with Crippen LogP contribution in [0, 0.1) is 6.92 Å². The number of hydrogen-bond acceptors (Lipinski definition) is 3. The Kier molecular flexibility index (Phi) is 5.17. The van der Waals surface area contributed by atoms with Gasteiger partial charge in [0.15, 0.2) is 0 Å². The molecule has 0 fully saturated rings. The van der Waals surface area contributed by atoms with E-state index in [1.807, 2.05) is 6.07 Å². The maximum Gasteiger partial charge on any atom is 0.123 e. The van der Waals surface area contributed by atoms with Crippen molar-refractivity contribution in [3.8, 4) is 10.6 Å². The van der Waals surface area contributed by atoms with Gasteiger partial charge in [-0.3, -0.25) is 0 Å². The van der Waals surface area contributed by atoms with Gasteiger partial charge in [0.05, 0.1) is 5.69 Å². The summed E-state index contributed by atoms with van der Waals surface area (Å²) in [5, 5.41) is 4.52. The maximum absolute atomic E-state index is 4.70. The summed E-state index contributed by atoms with van der Waals surface area (Å²) < 4.78 is 2.12. The first kappa shape index (κ1) is 15.2. The van der Waals surface area contributed by atoms with Crippen molar-refractivity contribution < 1.29 is 0 Å². The van der Waals surface area contributed by atoms with Crippen LogP contribution in [0.1, 0.15) is 30.5 Å². The van der Waals surface area contributed by atoms with Gasteiger partial charge in [0.2, 0.25) is 0 Å². The molecule has 1 heterocycles. The van der Waals surface area contributed by atoms with E-state index in [0.29, 0.717) is 6.04 Å². The zero-order valence-electron chi connectivity index (χ0n) is 11.1. The van der Waals surface area contributed by atoms with Crippen LogP contribution < -0.4 is 5.32 Å². The monoisotopic (exact) mass is 402 g/mol. The molecule has 0 amide bonds. The summed E-state index contributed by atoms with van der Waals surface area (Å²) in [6.07, 6.45) is 0. The van der Waals surface area contributed by atoms with E-state index in [9.17, 15) is 0 Å². The van der Waals surface area contributed by atoms with E-state index in [0.717, 1.165) is 31.8 Å². The molecule has 0 radical (unpaired) electrons. The Hall–Kier alpha value is -0.230. The van der Waals surface area contributed by atoms with E-state index in [4.69, 9.17) is 4.98 Å². The third-order valence-electron chi connectivity index (χ3n) is 2.90. The van der Waals surface area contributed by atoms with Gasteiger partial charge in [-0.05, 0) is 64.4 Å². The minimum absolute atomic E-state index is 0.357. The van der Waals surface area contributed by atoms with Crippen molar-refractivity contribution in [2.75, 3.05) is 6.54 Å². The topological polar surface area (TPSA) is 24.9 Å². The molecular formula is C14H16Br2N2S. The molecule has 0 spiro atoms. The molecule has 2 nitrogen and oxygen atoms in total. The molecule has 1 N–H and O–H groups in total. The molecule has 1 aromatic heterocycles. The quantitative estimate of drug-likeness (QED) is 0.747. The van der Waals surface area contributed by atoms with Crippen LogP contribution in [0.25, 0.3) is 10.6 Å². The summed E-state index contributed by atoms with van der Waals surface area (Å²) in [6.45, 7) is 7.36. The summed E-state index contributed by atoms with van der Waals surface area (Å²) in [4.78, 5) is 6.01. The van der Waals surface area contributed by atoms with Gasteiger partial charge in [-0.2, -0.15) is 0 Å². The summed E-state index contributed by atoms with van der Waals surface area (Å²) in [5.74, 6) is 0. The van der Waals surface area contributed by atoms with Gasteiger partial charge < -0.3 is 5.32 Å². The fraction of sp³-hybridized carbons (Fsp3) is 0.357. The van der Waals surface area contributed by atoms with E-state index >= 15 is 0 Å². The normalized spacial score (nSPS) is 12.7. The third kappa shape index (κ3) is 3.45. The maximum atomic E-state index is 4.70. The number of thiazole rings is 1. The van der Waals surface area contributed by atoms with Gasteiger partial charge in [-0.1, -0.05) is 13.0 Å². The molecule has 0 aliphatic heterocycles. The molecule has 0 bridgehead atoms. The highest BCUT2D eigenvalue weighted by molar-refractivity contribution is 9.13. The number of nitrogens with zero attached hydrogens (tertiary/aromatic N) is 1. The largest absolute Gasteiger partial charge is 0.310 e. The molecule has 19 heavy (non-hydrogen) atoms. The van der Waals surface area contributed by atoms with E-state index < -0.39 is 0 Å². The number of hydrogen-bond donors (Lipinski definition) is 1. The van der Waals surface area contributed by atoms with Crippen molar-refractivity contribution in [1.82, 2.24) is 10.3 Å². The average Bonchev–Trinajstić information content (AvgIpc) is 2.75. The summed E-state index contributed by atoms with van der Waals surface area (Å²) >= 11 is 8.80. The predicted molar refractivity (Wildman–Crippen MR) is 89.8 cm³/mol. The van der Waals surface area contributed by atoms with Crippen LogP contribution in [-0.2, 0) is 0 Å². The Morgan fingerprint density at radius 2 is 2.05 bits per heavy atom. The molecule has 1 atom stereocenters. The number of aromatic nitrogens is 1. The fourth-order valence-electron chi connectivity index (χ4n) is 1.96. The van der Waals surface area contributed by atoms with Crippen molar-refractivity contribution in [2.45, 2.75) is 26.8 Å². The highest BCUT2D eigenvalue weighted by Crippen LogP contribution is 2.34. The Morgan fingerprint density at radius 1 is 1.32 bits per heavy atom. The molecular weight excluding hydrogens is 388 g/mol. The van der Waals surface area contributed by atoms with Crippen molar-refractivity contribution >= 4 is 43.2 Å². The summed E-state index contributed by atoms with van der Waals surface area (Å²) in [6, 6.07) is 6.60. The van der Waals surface area contributed by atoms with Crippen LogP contribution in [0.15, 0.2) is 27.1 Å². The number of aryl methyl sites for hydroxylation is 1. The highest BCUT2D eigenvalue weighted by atomic mass is 79.9. The molecule has 2 aromatic rings. The molecule has 0 aliphatic rings. The van der Waals surface area contributed by atoms with Crippen LogP contribution in [0.5, 0.6) is 0 Å². The van der Waals surface area contributed by atoms with Crippen LogP contribution in [0.4, 0.5) is 0 Å². The zero-order chi connectivity index (χ0) is 14.0. The zero-order valence-corrected chi connectivity index (χ0v) is 15.1. The first-order valence-corrected chi connectivity index (χ1v) is 8.59. The molecule has 0 saturated carbocycles. The molecule has 1 aromatic carbocycles. The van der Waals surface area contributed by atoms with E-state index in [2.05, 4.69) is 70.1 Å². The smallest absolute Gasteiger partial charge is 0.123 e. The van der Waals surface area contributed by atoms with Gasteiger partial charge in [0.1, 0.15) is 5.01 Å². The molecule has 2 rings (SSSR count). The second kappa shape index (κ2) is 6.48. The SMILES string of the molecule is CCNC(C)c1sc(-c2ccc(Br)c(Br)c2)nc1C. The first-order valence-electron chi connectivity index (χ1n) is 6.19. The van der Waals surface area contributed by atoms with Crippen molar-refractivity contribution in [2.24, 2.45) is 0 Å². The van der Waals surface area contributed by atoms with Crippen LogP contribution in [0.2, 0.25) is 0 Å².